The fraction of sp³-hybridized carbons (Fsp3) is 0.625. The summed E-state index contributed by atoms with van der Waals surface area (Å²) >= 11 is 12.0. The van der Waals surface area contributed by atoms with E-state index in [-0.39, 0.29) is 0 Å². The lowest BCUT2D eigenvalue weighted by Gasteiger charge is -2.32. The molecule has 1 rings (SSSR count). The lowest BCUT2D eigenvalue weighted by atomic mass is 9.80. The topological polar surface area (TPSA) is 20.2 Å². The zero-order valence-electron chi connectivity index (χ0n) is 12.2. The van der Waals surface area contributed by atoms with Gasteiger partial charge in [-0.25, -0.2) is 0 Å². The van der Waals surface area contributed by atoms with Gasteiger partial charge in [0.1, 0.15) is 0 Å². The van der Waals surface area contributed by atoms with E-state index in [1.54, 1.807) is 6.07 Å². The van der Waals surface area contributed by atoms with Crippen molar-refractivity contribution in [3.63, 3.8) is 0 Å². The first kappa shape index (κ1) is 16.8. The fourth-order valence-electron chi connectivity index (χ4n) is 2.78. The SMILES string of the molecule is CC(C)CC(O)(Cc1ccc(Cl)c(Cl)c1)CC(C)C. The second-order valence-electron chi connectivity index (χ2n) is 6.35. The maximum absolute atomic E-state index is 10.9. The molecule has 0 aromatic heterocycles. The number of hydrogen-bond acceptors (Lipinski definition) is 1. The molecule has 19 heavy (non-hydrogen) atoms. The van der Waals surface area contributed by atoms with Gasteiger partial charge in [0.2, 0.25) is 0 Å². The van der Waals surface area contributed by atoms with E-state index in [2.05, 4.69) is 27.7 Å². The van der Waals surface area contributed by atoms with E-state index in [4.69, 9.17) is 23.2 Å². The highest BCUT2D eigenvalue weighted by Gasteiger charge is 2.29. The molecule has 0 saturated carbocycles. The molecule has 0 amide bonds. The van der Waals surface area contributed by atoms with Crippen molar-refractivity contribution in [2.75, 3.05) is 0 Å². The van der Waals surface area contributed by atoms with Crippen molar-refractivity contribution in [2.45, 2.75) is 52.6 Å². The summed E-state index contributed by atoms with van der Waals surface area (Å²) in [4.78, 5) is 0. The van der Waals surface area contributed by atoms with Gasteiger partial charge in [-0.2, -0.15) is 0 Å². The van der Waals surface area contributed by atoms with Crippen LogP contribution in [0.3, 0.4) is 0 Å². The van der Waals surface area contributed by atoms with Crippen LogP contribution in [-0.4, -0.2) is 10.7 Å². The highest BCUT2D eigenvalue weighted by molar-refractivity contribution is 6.42. The van der Waals surface area contributed by atoms with Crippen molar-refractivity contribution in [1.82, 2.24) is 0 Å². The first-order valence-corrected chi connectivity index (χ1v) is 7.64. The van der Waals surface area contributed by atoms with Crippen LogP contribution in [0, 0.1) is 11.8 Å². The zero-order valence-corrected chi connectivity index (χ0v) is 13.7. The molecule has 0 aliphatic rings. The standard InChI is InChI=1S/C16H24Cl2O/c1-11(2)8-16(19,9-12(3)4)10-13-5-6-14(17)15(18)7-13/h5-7,11-12,19H,8-10H2,1-4H3. The second kappa shape index (κ2) is 6.97. The number of hydrogen-bond donors (Lipinski definition) is 1. The largest absolute Gasteiger partial charge is 0.390 e. The van der Waals surface area contributed by atoms with Crippen LogP contribution in [0.15, 0.2) is 18.2 Å². The summed E-state index contributed by atoms with van der Waals surface area (Å²) in [7, 11) is 0. The number of halogens is 2. The van der Waals surface area contributed by atoms with E-state index in [9.17, 15) is 5.11 Å². The summed E-state index contributed by atoms with van der Waals surface area (Å²) in [6.45, 7) is 8.56. The van der Waals surface area contributed by atoms with Crippen LogP contribution in [-0.2, 0) is 6.42 Å². The van der Waals surface area contributed by atoms with Gasteiger partial charge in [-0.1, -0.05) is 57.0 Å². The fourth-order valence-corrected chi connectivity index (χ4v) is 3.10. The van der Waals surface area contributed by atoms with Gasteiger partial charge in [0.25, 0.3) is 0 Å². The normalized spacial score (nSPS) is 12.5. The van der Waals surface area contributed by atoms with E-state index in [1.165, 1.54) is 0 Å². The monoisotopic (exact) mass is 302 g/mol. The lowest BCUT2D eigenvalue weighted by Crippen LogP contribution is -2.34. The maximum atomic E-state index is 10.9. The molecule has 0 fully saturated rings. The summed E-state index contributed by atoms with van der Waals surface area (Å²) in [5, 5.41) is 12.0. The molecule has 0 aliphatic carbocycles. The van der Waals surface area contributed by atoms with Crippen molar-refractivity contribution in [1.29, 1.82) is 0 Å². The maximum Gasteiger partial charge on any atom is 0.0692 e. The quantitative estimate of drug-likeness (QED) is 0.750. The molecule has 1 aromatic carbocycles. The first-order valence-electron chi connectivity index (χ1n) is 6.88. The Balaban J connectivity index is 2.89. The molecule has 0 unspecified atom stereocenters. The van der Waals surface area contributed by atoms with Gasteiger partial charge in [0.05, 0.1) is 15.6 Å². The van der Waals surface area contributed by atoms with Crippen LogP contribution in [0.25, 0.3) is 0 Å². The van der Waals surface area contributed by atoms with Crippen molar-refractivity contribution in [3.05, 3.63) is 33.8 Å². The summed E-state index contributed by atoms with van der Waals surface area (Å²) in [6, 6.07) is 5.60. The summed E-state index contributed by atoms with van der Waals surface area (Å²) in [5.74, 6) is 0.929. The van der Waals surface area contributed by atoms with Gasteiger partial charge in [0, 0.05) is 6.42 Å². The molecular weight excluding hydrogens is 279 g/mol. The minimum Gasteiger partial charge on any atom is -0.390 e. The lowest BCUT2D eigenvalue weighted by molar-refractivity contribution is 0.000750. The molecule has 0 radical (unpaired) electrons. The third-order valence-electron chi connectivity index (χ3n) is 3.09. The molecule has 0 saturated heterocycles. The van der Waals surface area contributed by atoms with Gasteiger partial charge in [-0.3, -0.25) is 0 Å². The minimum atomic E-state index is -0.667. The van der Waals surface area contributed by atoms with E-state index in [0.717, 1.165) is 18.4 Å². The van der Waals surface area contributed by atoms with Gasteiger partial charge in [-0.15, -0.1) is 0 Å². The third kappa shape index (κ3) is 5.72. The van der Waals surface area contributed by atoms with Crippen molar-refractivity contribution < 1.29 is 5.11 Å². The van der Waals surface area contributed by atoms with Gasteiger partial charge >= 0.3 is 0 Å². The first-order chi connectivity index (χ1) is 8.72. The predicted octanol–water partition coefficient (Wildman–Crippen LogP) is 5.36. The molecule has 0 atom stereocenters. The summed E-state index contributed by atoms with van der Waals surface area (Å²) in [6.07, 6.45) is 2.22. The molecule has 1 N–H and O–H groups in total. The Hall–Kier alpha value is -0.240. The molecular formula is C16H24Cl2O. The second-order valence-corrected chi connectivity index (χ2v) is 7.16. The van der Waals surface area contributed by atoms with Crippen LogP contribution in [0.2, 0.25) is 10.0 Å². The van der Waals surface area contributed by atoms with Gasteiger partial charge in [-0.05, 0) is 42.4 Å². The molecule has 1 aromatic rings. The molecule has 108 valence electrons. The Kier molecular flexibility index (Phi) is 6.16. The van der Waals surface area contributed by atoms with E-state index in [0.29, 0.717) is 28.3 Å². The number of aliphatic hydroxyl groups is 1. The van der Waals surface area contributed by atoms with E-state index < -0.39 is 5.60 Å². The highest BCUT2D eigenvalue weighted by atomic mass is 35.5. The smallest absolute Gasteiger partial charge is 0.0692 e. The summed E-state index contributed by atoms with van der Waals surface area (Å²) < 4.78 is 0. The van der Waals surface area contributed by atoms with E-state index >= 15 is 0 Å². The molecule has 0 heterocycles. The van der Waals surface area contributed by atoms with Crippen molar-refractivity contribution in [2.24, 2.45) is 11.8 Å². The Bertz CT molecular complexity index is 403. The molecule has 1 nitrogen and oxygen atoms in total. The molecule has 3 heteroatoms. The molecule has 0 aliphatic heterocycles. The zero-order chi connectivity index (χ0) is 14.6. The van der Waals surface area contributed by atoms with Crippen LogP contribution in [0.1, 0.15) is 46.1 Å². The Morgan fingerprint density at radius 2 is 1.53 bits per heavy atom. The molecule has 0 bridgehead atoms. The minimum absolute atomic E-state index is 0.464. The Labute approximate surface area is 126 Å². The van der Waals surface area contributed by atoms with Gasteiger partial charge < -0.3 is 5.11 Å². The summed E-state index contributed by atoms with van der Waals surface area (Å²) in [5.41, 5.74) is 0.373. The van der Waals surface area contributed by atoms with Crippen LogP contribution < -0.4 is 0 Å². The van der Waals surface area contributed by atoms with Crippen LogP contribution in [0.4, 0.5) is 0 Å². The van der Waals surface area contributed by atoms with Crippen molar-refractivity contribution >= 4 is 23.2 Å². The molecule has 0 spiro atoms. The predicted molar refractivity (Wildman–Crippen MR) is 84.0 cm³/mol. The Morgan fingerprint density at radius 3 is 1.95 bits per heavy atom. The van der Waals surface area contributed by atoms with Crippen LogP contribution >= 0.6 is 23.2 Å². The third-order valence-corrected chi connectivity index (χ3v) is 3.83. The highest BCUT2D eigenvalue weighted by Crippen LogP contribution is 2.31. The average molecular weight is 303 g/mol. The number of rotatable bonds is 6. The average Bonchev–Trinajstić information content (AvgIpc) is 2.20. The van der Waals surface area contributed by atoms with Crippen molar-refractivity contribution in [3.8, 4) is 0 Å². The van der Waals surface area contributed by atoms with E-state index in [1.807, 2.05) is 12.1 Å². The van der Waals surface area contributed by atoms with Crippen LogP contribution in [0.5, 0.6) is 0 Å². The van der Waals surface area contributed by atoms with Gasteiger partial charge in [0.15, 0.2) is 0 Å². The Morgan fingerprint density at radius 1 is 1.00 bits per heavy atom. The number of benzene rings is 1.